The number of alkyl halides is 1. The summed E-state index contributed by atoms with van der Waals surface area (Å²) in [6.45, 7) is 2.44. The Morgan fingerprint density at radius 3 is 2.71 bits per heavy atom. The number of halogens is 1. The van der Waals surface area contributed by atoms with Gasteiger partial charge in [-0.15, -0.1) is 11.3 Å². The van der Waals surface area contributed by atoms with E-state index in [0.29, 0.717) is 0 Å². The molecule has 17 heavy (non-hydrogen) atoms. The average molecular weight is 316 g/mol. The summed E-state index contributed by atoms with van der Waals surface area (Å²) in [6.07, 6.45) is 8.37. The second-order valence-corrected chi connectivity index (χ2v) is 6.67. The van der Waals surface area contributed by atoms with Crippen molar-refractivity contribution in [2.75, 3.05) is 18.4 Å². The fourth-order valence-electron chi connectivity index (χ4n) is 2.74. The predicted octanol–water partition coefficient (Wildman–Crippen LogP) is 4.32. The molecule has 1 aliphatic carbocycles. The molecule has 0 N–H and O–H groups in total. The maximum Gasteiger partial charge on any atom is 0.0159 e. The number of thiophene rings is 1. The van der Waals surface area contributed by atoms with Crippen molar-refractivity contribution in [1.29, 1.82) is 0 Å². The number of nitrogens with zero attached hydrogens (tertiary/aromatic N) is 1. The predicted molar refractivity (Wildman–Crippen MR) is 80.3 cm³/mol. The monoisotopic (exact) mass is 315 g/mol. The van der Waals surface area contributed by atoms with Gasteiger partial charge in [0.25, 0.3) is 0 Å². The molecule has 0 atom stereocenters. The summed E-state index contributed by atoms with van der Waals surface area (Å²) in [4.78, 5) is 4.23. The minimum absolute atomic E-state index is 0.848. The average Bonchev–Trinajstić information content (AvgIpc) is 2.88. The van der Waals surface area contributed by atoms with Crippen molar-refractivity contribution in [3.8, 4) is 0 Å². The standard InChI is InChI=1S/C14H22BrNS/c15-9-11-16(13-5-2-1-3-6-13)10-8-14-7-4-12-17-14/h4,7,12-13H,1-3,5-6,8-11H2. The first-order valence-electron chi connectivity index (χ1n) is 6.72. The summed E-state index contributed by atoms with van der Waals surface area (Å²) in [7, 11) is 0. The molecule has 1 aliphatic rings. The van der Waals surface area contributed by atoms with E-state index in [4.69, 9.17) is 0 Å². The Balaban J connectivity index is 1.82. The minimum atomic E-state index is 0.848. The van der Waals surface area contributed by atoms with Crippen LogP contribution < -0.4 is 0 Å². The van der Waals surface area contributed by atoms with Crippen LogP contribution in [0.3, 0.4) is 0 Å². The highest BCUT2D eigenvalue weighted by molar-refractivity contribution is 9.09. The molecule has 0 amide bonds. The molecule has 3 heteroatoms. The molecule has 0 saturated heterocycles. The van der Waals surface area contributed by atoms with Gasteiger partial charge in [-0.2, -0.15) is 0 Å². The van der Waals surface area contributed by atoms with Gasteiger partial charge in [0.05, 0.1) is 0 Å². The zero-order chi connectivity index (χ0) is 11.9. The molecule has 0 aliphatic heterocycles. The van der Waals surface area contributed by atoms with Gasteiger partial charge in [0, 0.05) is 29.3 Å². The Hall–Kier alpha value is 0.140. The summed E-state index contributed by atoms with van der Waals surface area (Å²) in [6, 6.07) is 5.27. The van der Waals surface area contributed by atoms with E-state index in [1.54, 1.807) is 0 Å². The quantitative estimate of drug-likeness (QED) is 0.707. The summed E-state index contributed by atoms with van der Waals surface area (Å²) in [5.74, 6) is 0. The number of hydrogen-bond donors (Lipinski definition) is 0. The van der Waals surface area contributed by atoms with Crippen LogP contribution in [0.15, 0.2) is 17.5 Å². The second-order valence-electron chi connectivity index (χ2n) is 4.85. The van der Waals surface area contributed by atoms with Crippen molar-refractivity contribution < 1.29 is 0 Å². The van der Waals surface area contributed by atoms with E-state index in [1.807, 2.05) is 11.3 Å². The van der Waals surface area contributed by atoms with E-state index in [0.717, 1.165) is 11.4 Å². The zero-order valence-corrected chi connectivity index (χ0v) is 12.8. The molecule has 0 bridgehead atoms. The first-order chi connectivity index (χ1) is 8.40. The summed E-state index contributed by atoms with van der Waals surface area (Å²) < 4.78 is 0. The van der Waals surface area contributed by atoms with E-state index in [-0.39, 0.29) is 0 Å². The smallest absolute Gasteiger partial charge is 0.0159 e. The molecule has 1 fully saturated rings. The lowest BCUT2D eigenvalue weighted by atomic mass is 9.94. The van der Waals surface area contributed by atoms with E-state index in [9.17, 15) is 0 Å². The molecular weight excluding hydrogens is 294 g/mol. The third-order valence-corrected chi connectivity index (χ3v) is 4.98. The van der Waals surface area contributed by atoms with Crippen LogP contribution in [0.1, 0.15) is 37.0 Å². The zero-order valence-electron chi connectivity index (χ0n) is 10.4. The van der Waals surface area contributed by atoms with Gasteiger partial charge in [0.2, 0.25) is 0 Å². The molecule has 1 nitrogen and oxygen atoms in total. The molecule has 0 spiro atoms. The number of rotatable bonds is 6. The molecule has 96 valence electrons. The fraction of sp³-hybridized carbons (Fsp3) is 0.714. The third-order valence-electron chi connectivity index (χ3n) is 3.69. The van der Waals surface area contributed by atoms with Gasteiger partial charge < -0.3 is 0 Å². The minimum Gasteiger partial charge on any atom is -0.299 e. The van der Waals surface area contributed by atoms with Gasteiger partial charge in [-0.1, -0.05) is 41.3 Å². The van der Waals surface area contributed by atoms with Crippen LogP contribution in [0.4, 0.5) is 0 Å². The van der Waals surface area contributed by atoms with Crippen LogP contribution >= 0.6 is 27.3 Å². The Morgan fingerprint density at radius 1 is 1.24 bits per heavy atom. The van der Waals surface area contributed by atoms with E-state index >= 15 is 0 Å². The van der Waals surface area contributed by atoms with Crippen LogP contribution in [-0.2, 0) is 6.42 Å². The Morgan fingerprint density at radius 2 is 2.06 bits per heavy atom. The molecule has 1 heterocycles. The second kappa shape index (κ2) is 7.55. The first-order valence-corrected chi connectivity index (χ1v) is 8.72. The summed E-state index contributed by atoms with van der Waals surface area (Å²) in [5.41, 5.74) is 0. The van der Waals surface area contributed by atoms with Crippen molar-refractivity contribution >= 4 is 27.3 Å². The van der Waals surface area contributed by atoms with Gasteiger partial charge in [0.1, 0.15) is 0 Å². The molecule has 2 rings (SSSR count). The van der Waals surface area contributed by atoms with Gasteiger partial charge >= 0.3 is 0 Å². The van der Waals surface area contributed by atoms with Crippen LogP contribution in [0.25, 0.3) is 0 Å². The lowest BCUT2D eigenvalue weighted by Crippen LogP contribution is -2.39. The van der Waals surface area contributed by atoms with Gasteiger partial charge in [0.15, 0.2) is 0 Å². The van der Waals surface area contributed by atoms with Crippen molar-refractivity contribution in [2.45, 2.75) is 44.6 Å². The first kappa shape index (κ1) is 13.6. The van der Waals surface area contributed by atoms with Gasteiger partial charge in [-0.25, -0.2) is 0 Å². The largest absolute Gasteiger partial charge is 0.299 e. The van der Waals surface area contributed by atoms with Crippen LogP contribution in [0.5, 0.6) is 0 Å². The van der Waals surface area contributed by atoms with Crippen molar-refractivity contribution in [3.63, 3.8) is 0 Å². The van der Waals surface area contributed by atoms with E-state index in [2.05, 4.69) is 38.3 Å². The lowest BCUT2D eigenvalue weighted by molar-refractivity contribution is 0.167. The SMILES string of the molecule is BrCCN(CCc1cccs1)C1CCCCC1. The van der Waals surface area contributed by atoms with E-state index < -0.39 is 0 Å². The highest BCUT2D eigenvalue weighted by Crippen LogP contribution is 2.23. The Labute approximate surface area is 117 Å². The lowest BCUT2D eigenvalue weighted by Gasteiger charge is -2.33. The normalized spacial score (nSPS) is 17.8. The van der Waals surface area contributed by atoms with Crippen LogP contribution in [0.2, 0.25) is 0 Å². The third kappa shape index (κ3) is 4.38. The molecule has 1 aromatic rings. The maximum absolute atomic E-state index is 3.60. The fourth-order valence-corrected chi connectivity index (χ4v) is 3.89. The van der Waals surface area contributed by atoms with Crippen molar-refractivity contribution in [1.82, 2.24) is 4.90 Å². The number of hydrogen-bond acceptors (Lipinski definition) is 2. The van der Waals surface area contributed by atoms with Gasteiger partial charge in [-0.05, 0) is 30.7 Å². The molecule has 0 radical (unpaired) electrons. The molecular formula is C14H22BrNS. The highest BCUT2D eigenvalue weighted by atomic mass is 79.9. The van der Waals surface area contributed by atoms with Crippen LogP contribution in [-0.4, -0.2) is 29.4 Å². The van der Waals surface area contributed by atoms with Crippen molar-refractivity contribution in [2.24, 2.45) is 0 Å². The molecule has 1 aromatic heterocycles. The highest BCUT2D eigenvalue weighted by Gasteiger charge is 2.20. The summed E-state index contributed by atoms with van der Waals surface area (Å²) in [5, 5.41) is 3.29. The molecule has 1 saturated carbocycles. The van der Waals surface area contributed by atoms with E-state index in [1.165, 1.54) is 56.5 Å². The van der Waals surface area contributed by atoms with Gasteiger partial charge in [-0.3, -0.25) is 4.90 Å². The maximum atomic E-state index is 3.60. The Kier molecular flexibility index (Phi) is 6.02. The van der Waals surface area contributed by atoms with Crippen LogP contribution in [0, 0.1) is 0 Å². The Bertz CT molecular complexity index is 293. The summed E-state index contributed by atoms with van der Waals surface area (Å²) >= 11 is 5.49. The molecule has 0 aromatic carbocycles. The topological polar surface area (TPSA) is 3.24 Å². The molecule has 0 unspecified atom stereocenters. The van der Waals surface area contributed by atoms with Crippen molar-refractivity contribution in [3.05, 3.63) is 22.4 Å².